The zero-order valence-corrected chi connectivity index (χ0v) is 14.5. The summed E-state index contributed by atoms with van der Waals surface area (Å²) >= 11 is 0. The van der Waals surface area contributed by atoms with Gasteiger partial charge in [0.15, 0.2) is 0 Å². The molecule has 0 fully saturated rings. The first-order valence-corrected chi connectivity index (χ1v) is 7.82. The third-order valence-electron chi connectivity index (χ3n) is 3.02. The highest BCUT2D eigenvalue weighted by Gasteiger charge is 2.24. The molecule has 1 aliphatic carbocycles. The molecule has 120 valence electrons. The minimum absolute atomic E-state index is 0.0415. The van der Waals surface area contributed by atoms with E-state index in [1.165, 1.54) is 11.1 Å². The van der Waals surface area contributed by atoms with E-state index in [0.29, 0.717) is 0 Å². The molecular weight excluding hydrogens is 262 g/mol. The van der Waals surface area contributed by atoms with Crippen molar-refractivity contribution in [3.63, 3.8) is 0 Å². The Bertz CT molecular complexity index is 400. The van der Waals surface area contributed by atoms with Gasteiger partial charge in [-0.15, -0.1) is 0 Å². The number of ether oxygens (including phenoxy) is 1. The van der Waals surface area contributed by atoms with Gasteiger partial charge in [0.2, 0.25) is 0 Å². The van der Waals surface area contributed by atoms with Crippen LogP contribution in [0.1, 0.15) is 60.8 Å². The van der Waals surface area contributed by atoms with Gasteiger partial charge in [-0.05, 0) is 52.5 Å². The lowest BCUT2D eigenvalue weighted by atomic mass is 9.88. The first kappa shape index (κ1) is 19.5. The van der Waals surface area contributed by atoms with Crippen LogP contribution in [0.25, 0.3) is 0 Å². The minimum atomic E-state index is -0.464. The molecule has 1 atom stereocenters. The molecule has 1 unspecified atom stereocenters. The molecule has 0 spiro atoms. The predicted molar refractivity (Wildman–Crippen MR) is 90.4 cm³/mol. The van der Waals surface area contributed by atoms with E-state index in [0.717, 1.165) is 19.3 Å². The van der Waals surface area contributed by atoms with Crippen molar-refractivity contribution in [1.29, 1.82) is 0 Å². The zero-order chi connectivity index (χ0) is 16.5. The van der Waals surface area contributed by atoms with Crippen LogP contribution in [0.5, 0.6) is 0 Å². The fourth-order valence-corrected chi connectivity index (χ4v) is 2.20. The van der Waals surface area contributed by atoms with Crippen molar-refractivity contribution in [2.45, 2.75) is 72.4 Å². The number of carbonyl (C=O) groups is 1. The molecule has 1 aliphatic rings. The SMILES string of the molecule is C=C/C=C\C1=C(C)CCCC1NC(=O)OC(C)(C)C.CC. The van der Waals surface area contributed by atoms with Crippen molar-refractivity contribution < 1.29 is 9.53 Å². The molecule has 0 saturated heterocycles. The Balaban J connectivity index is 0.00000191. The molecule has 21 heavy (non-hydrogen) atoms. The zero-order valence-electron chi connectivity index (χ0n) is 14.5. The number of hydrogen-bond donors (Lipinski definition) is 1. The van der Waals surface area contributed by atoms with Gasteiger partial charge in [-0.2, -0.15) is 0 Å². The fourth-order valence-electron chi connectivity index (χ4n) is 2.20. The molecule has 1 N–H and O–H groups in total. The molecule has 1 amide bonds. The van der Waals surface area contributed by atoms with Gasteiger partial charge >= 0.3 is 6.09 Å². The number of allylic oxidation sites excluding steroid dienone is 3. The van der Waals surface area contributed by atoms with E-state index < -0.39 is 5.60 Å². The highest BCUT2D eigenvalue weighted by molar-refractivity contribution is 5.69. The van der Waals surface area contributed by atoms with Crippen LogP contribution < -0.4 is 5.32 Å². The van der Waals surface area contributed by atoms with Crippen LogP contribution in [0.3, 0.4) is 0 Å². The van der Waals surface area contributed by atoms with Crippen LogP contribution in [0.2, 0.25) is 0 Å². The number of carbonyl (C=O) groups excluding carboxylic acids is 1. The molecule has 0 aromatic carbocycles. The maximum atomic E-state index is 11.9. The molecule has 0 aromatic rings. The van der Waals surface area contributed by atoms with E-state index in [4.69, 9.17) is 4.74 Å². The summed E-state index contributed by atoms with van der Waals surface area (Å²) in [5, 5.41) is 2.96. The van der Waals surface area contributed by atoms with Crippen molar-refractivity contribution in [2.75, 3.05) is 0 Å². The van der Waals surface area contributed by atoms with E-state index >= 15 is 0 Å². The molecule has 0 radical (unpaired) electrons. The van der Waals surface area contributed by atoms with Gasteiger partial charge in [-0.25, -0.2) is 4.79 Å². The van der Waals surface area contributed by atoms with Crippen molar-refractivity contribution in [3.8, 4) is 0 Å². The third-order valence-corrected chi connectivity index (χ3v) is 3.02. The van der Waals surface area contributed by atoms with Gasteiger partial charge in [-0.1, -0.05) is 44.2 Å². The van der Waals surface area contributed by atoms with Gasteiger partial charge in [-0.3, -0.25) is 0 Å². The van der Waals surface area contributed by atoms with Crippen LogP contribution in [0, 0.1) is 0 Å². The average Bonchev–Trinajstić information content (AvgIpc) is 2.38. The monoisotopic (exact) mass is 293 g/mol. The van der Waals surface area contributed by atoms with Crippen molar-refractivity contribution in [1.82, 2.24) is 5.32 Å². The first-order valence-electron chi connectivity index (χ1n) is 7.82. The number of alkyl carbamates (subject to hydrolysis) is 1. The van der Waals surface area contributed by atoms with E-state index in [2.05, 4.69) is 18.8 Å². The Labute approximate surface area is 130 Å². The lowest BCUT2D eigenvalue weighted by Crippen LogP contribution is -2.41. The highest BCUT2D eigenvalue weighted by atomic mass is 16.6. The molecule has 3 heteroatoms. The summed E-state index contributed by atoms with van der Waals surface area (Å²) in [6.07, 6.45) is 8.47. The summed E-state index contributed by atoms with van der Waals surface area (Å²) in [6.45, 7) is 15.4. The van der Waals surface area contributed by atoms with E-state index in [1.54, 1.807) is 6.08 Å². The summed E-state index contributed by atoms with van der Waals surface area (Å²) in [5.41, 5.74) is 2.04. The van der Waals surface area contributed by atoms with E-state index in [9.17, 15) is 4.79 Å². The van der Waals surface area contributed by atoms with Gasteiger partial charge in [0.05, 0.1) is 6.04 Å². The average molecular weight is 293 g/mol. The molecule has 0 heterocycles. The number of nitrogens with one attached hydrogen (secondary N) is 1. The van der Waals surface area contributed by atoms with Crippen LogP contribution in [0.15, 0.2) is 36.0 Å². The molecule has 0 aromatic heterocycles. The van der Waals surface area contributed by atoms with Crippen LogP contribution in [-0.2, 0) is 4.74 Å². The van der Waals surface area contributed by atoms with Crippen LogP contribution in [0.4, 0.5) is 4.79 Å². The Morgan fingerprint density at radius 1 is 1.38 bits per heavy atom. The maximum absolute atomic E-state index is 11.9. The second-order valence-electron chi connectivity index (χ2n) is 5.92. The van der Waals surface area contributed by atoms with Gasteiger partial charge in [0.25, 0.3) is 0 Å². The second kappa shape index (κ2) is 9.43. The molecule has 0 aliphatic heterocycles. The van der Waals surface area contributed by atoms with Gasteiger partial charge in [0.1, 0.15) is 5.60 Å². The van der Waals surface area contributed by atoms with Crippen molar-refractivity contribution in [3.05, 3.63) is 36.0 Å². The predicted octanol–water partition coefficient (Wildman–Crippen LogP) is 5.15. The smallest absolute Gasteiger partial charge is 0.408 e. The number of rotatable bonds is 3. The maximum Gasteiger partial charge on any atom is 0.408 e. The summed E-state index contributed by atoms with van der Waals surface area (Å²) in [5.74, 6) is 0. The molecule has 1 rings (SSSR count). The van der Waals surface area contributed by atoms with Crippen molar-refractivity contribution in [2.24, 2.45) is 0 Å². The molecule has 0 saturated carbocycles. The largest absolute Gasteiger partial charge is 0.444 e. The second-order valence-corrected chi connectivity index (χ2v) is 5.92. The summed E-state index contributed by atoms with van der Waals surface area (Å²) < 4.78 is 5.31. The molecule has 0 bridgehead atoms. The third kappa shape index (κ3) is 7.74. The number of hydrogen-bond acceptors (Lipinski definition) is 2. The van der Waals surface area contributed by atoms with Crippen LogP contribution in [-0.4, -0.2) is 17.7 Å². The summed E-state index contributed by atoms with van der Waals surface area (Å²) in [6, 6.07) is 0.0415. The lowest BCUT2D eigenvalue weighted by molar-refractivity contribution is 0.0509. The van der Waals surface area contributed by atoms with E-state index in [1.807, 2.05) is 46.8 Å². The fraction of sp³-hybridized carbons (Fsp3) is 0.611. The Hall–Kier alpha value is -1.51. The van der Waals surface area contributed by atoms with E-state index in [-0.39, 0.29) is 12.1 Å². The Morgan fingerprint density at radius 2 is 2.00 bits per heavy atom. The molecule has 3 nitrogen and oxygen atoms in total. The standard InChI is InChI=1S/C16H25NO2.C2H6/c1-6-7-10-13-12(2)9-8-11-14(13)17-15(18)19-16(3,4)5;1-2/h6-7,10,14H,1,8-9,11H2,2-5H3,(H,17,18);1-2H3/b10-7-;. The van der Waals surface area contributed by atoms with Gasteiger partial charge in [0, 0.05) is 0 Å². The van der Waals surface area contributed by atoms with Crippen molar-refractivity contribution >= 4 is 6.09 Å². The molecular formula is C18H31NO2. The summed E-state index contributed by atoms with van der Waals surface area (Å²) in [4.78, 5) is 11.9. The Kier molecular flexibility index (Phi) is 8.75. The first-order chi connectivity index (χ1) is 9.83. The Morgan fingerprint density at radius 3 is 2.52 bits per heavy atom. The normalized spacial score (nSPS) is 18.9. The lowest BCUT2D eigenvalue weighted by Gasteiger charge is -2.28. The summed E-state index contributed by atoms with van der Waals surface area (Å²) in [7, 11) is 0. The highest BCUT2D eigenvalue weighted by Crippen LogP contribution is 2.26. The minimum Gasteiger partial charge on any atom is -0.444 e. The topological polar surface area (TPSA) is 38.3 Å². The van der Waals surface area contributed by atoms with Crippen LogP contribution >= 0.6 is 0 Å². The quantitative estimate of drug-likeness (QED) is 0.731. The van der Waals surface area contributed by atoms with Gasteiger partial charge < -0.3 is 10.1 Å². The number of amides is 1.